The Bertz CT molecular complexity index is 128. The highest BCUT2D eigenvalue weighted by atomic mass is 16.3. The Labute approximate surface area is 69.0 Å². The van der Waals surface area contributed by atoms with Crippen molar-refractivity contribution in [3.63, 3.8) is 0 Å². The van der Waals surface area contributed by atoms with Crippen molar-refractivity contribution in [1.29, 1.82) is 0 Å². The number of hydrogen-bond acceptors (Lipinski definition) is 2. The van der Waals surface area contributed by atoms with Crippen LogP contribution in [0.15, 0.2) is 0 Å². The van der Waals surface area contributed by atoms with Gasteiger partial charge in [0.2, 0.25) is 0 Å². The molecule has 1 rings (SSSR count). The molecule has 2 nitrogen and oxygen atoms in total. The zero-order valence-corrected chi connectivity index (χ0v) is 7.72. The number of aliphatic hydroxyl groups is 1. The van der Waals surface area contributed by atoms with Crippen LogP contribution in [0.1, 0.15) is 27.2 Å². The van der Waals surface area contributed by atoms with Crippen LogP contribution in [0.25, 0.3) is 0 Å². The van der Waals surface area contributed by atoms with E-state index in [2.05, 4.69) is 26.1 Å². The lowest BCUT2D eigenvalue weighted by atomic mass is 9.74. The number of aliphatic hydroxyl groups excluding tert-OH is 1. The molecule has 0 bridgehead atoms. The fourth-order valence-corrected chi connectivity index (χ4v) is 1.85. The van der Waals surface area contributed by atoms with Crippen LogP contribution in [0, 0.1) is 11.3 Å². The molecule has 0 aromatic rings. The first kappa shape index (κ1) is 9.01. The van der Waals surface area contributed by atoms with E-state index < -0.39 is 0 Å². The van der Waals surface area contributed by atoms with E-state index in [0.717, 1.165) is 19.5 Å². The lowest BCUT2D eigenvalue weighted by Gasteiger charge is -2.38. The van der Waals surface area contributed by atoms with Crippen LogP contribution in [-0.2, 0) is 0 Å². The second-order valence-corrected chi connectivity index (χ2v) is 4.53. The minimum Gasteiger partial charge on any atom is -0.391 e. The average molecular weight is 157 g/mol. The molecule has 1 aliphatic heterocycles. The molecule has 0 radical (unpaired) electrons. The summed E-state index contributed by atoms with van der Waals surface area (Å²) in [4.78, 5) is 0. The standard InChI is InChI=1S/C9H19NO/c1-9(2,3)7-4-5-10-6-8(7)11/h7-8,10-11H,4-6H2,1-3H3/t7-,8-/m0/s1. The molecule has 1 heterocycles. The van der Waals surface area contributed by atoms with Crippen molar-refractivity contribution < 1.29 is 5.11 Å². The van der Waals surface area contributed by atoms with Crippen LogP contribution in [0.2, 0.25) is 0 Å². The molecule has 0 unspecified atom stereocenters. The quantitative estimate of drug-likeness (QED) is 0.550. The lowest BCUT2D eigenvalue weighted by molar-refractivity contribution is 0.0206. The van der Waals surface area contributed by atoms with E-state index in [1.54, 1.807) is 0 Å². The summed E-state index contributed by atoms with van der Waals surface area (Å²) in [7, 11) is 0. The van der Waals surface area contributed by atoms with Gasteiger partial charge in [-0.05, 0) is 24.3 Å². The van der Waals surface area contributed by atoms with Gasteiger partial charge < -0.3 is 10.4 Å². The van der Waals surface area contributed by atoms with Gasteiger partial charge in [-0.2, -0.15) is 0 Å². The van der Waals surface area contributed by atoms with Crippen molar-refractivity contribution in [3.05, 3.63) is 0 Å². The molecule has 2 N–H and O–H groups in total. The Morgan fingerprint density at radius 3 is 2.36 bits per heavy atom. The zero-order chi connectivity index (χ0) is 8.48. The summed E-state index contributed by atoms with van der Waals surface area (Å²) in [5, 5.41) is 12.8. The van der Waals surface area contributed by atoms with E-state index in [-0.39, 0.29) is 11.5 Å². The third kappa shape index (κ3) is 2.17. The summed E-state index contributed by atoms with van der Waals surface area (Å²) in [5.74, 6) is 0.462. The molecule has 0 saturated carbocycles. The van der Waals surface area contributed by atoms with Gasteiger partial charge in [0.05, 0.1) is 6.10 Å². The van der Waals surface area contributed by atoms with Gasteiger partial charge in [-0.1, -0.05) is 20.8 Å². The van der Waals surface area contributed by atoms with Crippen molar-refractivity contribution in [1.82, 2.24) is 5.32 Å². The SMILES string of the molecule is CC(C)(C)[C@H]1CCNC[C@@H]1O. The summed E-state index contributed by atoms with van der Waals surface area (Å²) in [6.45, 7) is 8.42. The van der Waals surface area contributed by atoms with E-state index in [0.29, 0.717) is 5.92 Å². The molecular formula is C9H19NO. The van der Waals surface area contributed by atoms with Gasteiger partial charge >= 0.3 is 0 Å². The molecule has 2 heteroatoms. The molecule has 1 aliphatic rings. The topological polar surface area (TPSA) is 32.3 Å². The molecule has 1 saturated heterocycles. The first-order valence-electron chi connectivity index (χ1n) is 4.40. The number of hydrogen-bond donors (Lipinski definition) is 2. The first-order chi connectivity index (χ1) is 5.02. The van der Waals surface area contributed by atoms with Crippen LogP contribution in [0.4, 0.5) is 0 Å². The van der Waals surface area contributed by atoms with Crippen molar-refractivity contribution in [3.8, 4) is 0 Å². The third-order valence-corrected chi connectivity index (χ3v) is 2.56. The highest BCUT2D eigenvalue weighted by molar-refractivity contribution is 4.85. The Kier molecular flexibility index (Phi) is 2.55. The van der Waals surface area contributed by atoms with E-state index in [9.17, 15) is 5.11 Å². The highest BCUT2D eigenvalue weighted by Crippen LogP contribution is 2.32. The molecule has 0 amide bonds. The largest absolute Gasteiger partial charge is 0.391 e. The minimum atomic E-state index is -0.149. The van der Waals surface area contributed by atoms with Crippen molar-refractivity contribution in [2.24, 2.45) is 11.3 Å². The fraction of sp³-hybridized carbons (Fsp3) is 1.00. The number of piperidine rings is 1. The number of β-amino-alcohol motifs (C(OH)–C–C–N with tert-alkyl or cyclic N) is 1. The van der Waals surface area contributed by atoms with Gasteiger partial charge in [0.1, 0.15) is 0 Å². The molecule has 66 valence electrons. The van der Waals surface area contributed by atoms with Gasteiger partial charge in [0, 0.05) is 6.54 Å². The predicted octanol–water partition coefficient (Wildman–Crippen LogP) is 1.00. The maximum atomic E-state index is 9.64. The van der Waals surface area contributed by atoms with Gasteiger partial charge in [0.15, 0.2) is 0 Å². The summed E-state index contributed by atoms with van der Waals surface area (Å²) in [6, 6.07) is 0. The maximum absolute atomic E-state index is 9.64. The molecule has 0 aromatic heterocycles. The zero-order valence-electron chi connectivity index (χ0n) is 7.72. The molecular weight excluding hydrogens is 138 g/mol. The molecule has 0 aromatic carbocycles. The van der Waals surface area contributed by atoms with Crippen molar-refractivity contribution in [2.45, 2.75) is 33.3 Å². The van der Waals surface area contributed by atoms with Crippen LogP contribution in [0.5, 0.6) is 0 Å². The van der Waals surface area contributed by atoms with E-state index in [1.807, 2.05) is 0 Å². The lowest BCUT2D eigenvalue weighted by Crippen LogP contribution is -2.45. The van der Waals surface area contributed by atoms with Gasteiger partial charge in [-0.3, -0.25) is 0 Å². The Balaban J connectivity index is 2.55. The van der Waals surface area contributed by atoms with Gasteiger partial charge in [-0.15, -0.1) is 0 Å². The van der Waals surface area contributed by atoms with Gasteiger partial charge in [0.25, 0.3) is 0 Å². The maximum Gasteiger partial charge on any atom is 0.0698 e. The van der Waals surface area contributed by atoms with Crippen LogP contribution in [-0.4, -0.2) is 24.3 Å². The second kappa shape index (κ2) is 3.11. The summed E-state index contributed by atoms with van der Waals surface area (Å²) >= 11 is 0. The summed E-state index contributed by atoms with van der Waals surface area (Å²) in [5.41, 5.74) is 0.252. The van der Waals surface area contributed by atoms with Crippen LogP contribution in [0.3, 0.4) is 0 Å². The smallest absolute Gasteiger partial charge is 0.0698 e. The second-order valence-electron chi connectivity index (χ2n) is 4.53. The van der Waals surface area contributed by atoms with Crippen molar-refractivity contribution in [2.75, 3.05) is 13.1 Å². The van der Waals surface area contributed by atoms with E-state index >= 15 is 0 Å². The van der Waals surface area contributed by atoms with Crippen LogP contribution < -0.4 is 5.32 Å². The molecule has 1 fully saturated rings. The summed E-state index contributed by atoms with van der Waals surface area (Å²) in [6.07, 6.45) is 0.953. The number of rotatable bonds is 0. The highest BCUT2D eigenvalue weighted by Gasteiger charge is 2.32. The fourth-order valence-electron chi connectivity index (χ4n) is 1.85. The summed E-state index contributed by atoms with van der Waals surface area (Å²) < 4.78 is 0. The molecule has 2 atom stereocenters. The molecule has 0 spiro atoms. The van der Waals surface area contributed by atoms with Crippen LogP contribution >= 0.6 is 0 Å². The minimum absolute atomic E-state index is 0.149. The third-order valence-electron chi connectivity index (χ3n) is 2.56. The number of nitrogens with one attached hydrogen (secondary N) is 1. The Morgan fingerprint density at radius 1 is 1.36 bits per heavy atom. The Morgan fingerprint density at radius 2 is 2.00 bits per heavy atom. The molecule has 0 aliphatic carbocycles. The van der Waals surface area contributed by atoms with Gasteiger partial charge in [-0.25, -0.2) is 0 Å². The normalized spacial score (nSPS) is 33.8. The first-order valence-corrected chi connectivity index (χ1v) is 4.40. The Hall–Kier alpha value is -0.0800. The monoisotopic (exact) mass is 157 g/mol. The van der Waals surface area contributed by atoms with Crippen molar-refractivity contribution >= 4 is 0 Å². The molecule has 11 heavy (non-hydrogen) atoms. The van der Waals surface area contributed by atoms with E-state index in [1.165, 1.54) is 0 Å². The predicted molar refractivity (Wildman–Crippen MR) is 46.4 cm³/mol. The van der Waals surface area contributed by atoms with E-state index in [4.69, 9.17) is 0 Å². The average Bonchev–Trinajstić information content (AvgIpc) is 1.86.